The van der Waals surface area contributed by atoms with Crippen LogP contribution in [0.2, 0.25) is 0 Å². The van der Waals surface area contributed by atoms with Gasteiger partial charge in [0.2, 0.25) is 0 Å². The van der Waals surface area contributed by atoms with E-state index in [9.17, 15) is 15.0 Å². The summed E-state index contributed by atoms with van der Waals surface area (Å²) in [5, 5.41) is 22.0. The Kier molecular flexibility index (Phi) is 3.43. The summed E-state index contributed by atoms with van der Waals surface area (Å²) in [4.78, 5) is 13.0. The third-order valence-corrected chi connectivity index (χ3v) is 6.67. The molecule has 1 aliphatic heterocycles. The lowest BCUT2D eigenvalue weighted by Gasteiger charge is -2.47. The van der Waals surface area contributed by atoms with Crippen molar-refractivity contribution in [2.24, 2.45) is 11.3 Å². The van der Waals surface area contributed by atoms with Crippen LogP contribution >= 0.6 is 0 Å². The number of phenols is 2. The van der Waals surface area contributed by atoms with Gasteiger partial charge in [-0.2, -0.15) is 0 Å². The third kappa shape index (κ3) is 1.90. The van der Waals surface area contributed by atoms with Crippen LogP contribution < -0.4 is 4.74 Å². The number of ketones is 1. The molecule has 4 rings (SSSR count). The lowest BCUT2D eigenvalue weighted by Crippen LogP contribution is -2.46. The van der Waals surface area contributed by atoms with Crippen LogP contribution in [0, 0.1) is 11.3 Å². The second-order valence-corrected chi connectivity index (χ2v) is 8.41. The van der Waals surface area contributed by atoms with Gasteiger partial charge >= 0.3 is 0 Å². The van der Waals surface area contributed by atoms with Crippen LogP contribution in [-0.2, 0) is 10.3 Å². The molecule has 1 saturated heterocycles. The zero-order chi connectivity index (χ0) is 18.1. The second kappa shape index (κ2) is 5.13. The molecule has 2 aliphatic carbocycles. The second-order valence-electron chi connectivity index (χ2n) is 8.41. The predicted octanol–water partition coefficient (Wildman–Crippen LogP) is 3.85. The van der Waals surface area contributed by atoms with E-state index in [1.807, 2.05) is 13.8 Å². The fourth-order valence-corrected chi connectivity index (χ4v) is 5.52. The van der Waals surface area contributed by atoms with Crippen molar-refractivity contribution in [3.8, 4) is 17.2 Å². The number of hydrogen-bond donors (Lipinski definition) is 2. The number of methoxy groups -OCH3 is 1. The lowest BCUT2D eigenvalue weighted by atomic mass is 9.56. The van der Waals surface area contributed by atoms with Crippen molar-refractivity contribution in [2.45, 2.75) is 58.0 Å². The van der Waals surface area contributed by atoms with E-state index in [2.05, 4.69) is 6.92 Å². The van der Waals surface area contributed by atoms with Gasteiger partial charge in [0, 0.05) is 23.5 Å². The van der Waals surface area contributed by atoms with Crippen molar-refractivity contribution in [3.05, 3.63) is 16.7 Å². The summed E-state index contributed by atoms with van der Waals surface area (Å²) in [5.74, 6) is 0.0100. The first-order valence-electron chi connectivity index (χ1n) is 9.10. The molecule has 1 heterocycles. The highest BCUT2D eigenvalue weighted by atomic mass is 16.5. The lowest BCUT2D eigenvalue weighted by molar-refractivity contribution is -0.0479. The molecule has 2 bridgehead atoms. The summed E-state index contributed by atoms with van der Waals surface area (Å²) in [6.07, 6.45) is 3.12. The molecule has 5 heteroatoms. The maximum Gasteiger partial charge on any atom is 0.168 e. The minimum atomic E-state index is -0.694. The molecule has 25 heavy (non-hydrogen) atoms. The largest absolute Gasteiger partial charge is 0.507 e. The highest BCUT2D eigenvalue weighted by molar-refractivity contribution is 6.04. The minimum absolute atomic E-state index is 0.0358. The Hall–Kier alpha value is -1.75. The molecule has 1 saturated carbocycles. The highest BCUT2D eigenvalue weighted by Gasteiger charge is 2.63. The summed E-state index contributed by atoms with van der Waals surface area (Å²) in [6, 6.07) is 0. The van der Waals surface area contributed by atoms with Crippen LogP contribution in [0.4, 0.5) is 0 Å². The Morgan fingerprint density at radius 3 is 2.60 bits per heavy atom. The number of carbonyl (C=O) groups is 1. The molecular weight excluding hydrogens is 320 g/mol. The molecule has 1 aromatic carbocycles. The molecule has 0 radical (unpaired) electrons. The molecule has 0 spiro atoms. The van der Waals surface area contributed by atoms with Crippen molar-refractivity contribution in [3.63, 3.8) is 0 Å². The molecule has 0 aromatic heterocycles. The van der Waals surface area contributed by atoms with Crippen LogP contribution in [0.15, 0.2) is 0 Å². The highest BCUT2D eigenvalue weighted by Crippen LogP contribution is 2.66. The predicted molar refractivity (Wildman–Crippen MR) is 92.4 cm³/mol. The average molecular weight is 346 g/mol. The number of ether oxygens (including phenoxy) is 2. The summed E-state index contributed by atoms with van der Waals surface area (Å²) in [7, 11) is 1.48. The number of benzene rings is 1. The first-order chi connectivity index (χ1) is 11.8. The summed E-state index contributed by atoms with van der Waals surface area (Å²) in [6.45, 7) is 6.56. The Balaban J connectivity index is 2.07. The van der Waals surface area contributed by atoms with Crippen LogP contribution in [0.1, 0.15) is 73.9 Å². The molecule has 1 aromatic rings. The van der Waals surface area contributed by atoms with E-state index in [-0.39, 0.29) is 45.8 Å². The zero-order valence-corrected chi connectivity index (χ0v) is 15.3. The van der Waals surface area contributed by atoms with E-state index >= 15 is 0 Å². The van der Waals surface area contributed by atoms with E-state index in [1.165, 1.54) is 7.11 Å². The van der Waals surface area contributed by atoms with Gasteiger partial charge in [0.1, 0.15) is 11.4 Å². The standard InChI is InChI=1S/C20H26O5/c1-10(2)13-16(22)14-11(21)8-12-19(3)6-5-7-20(12,25-9-19)15(14)17(23)18(13)24-4/h10,12,22-23H,5-9H2,1-4H3/t12-,19+,20+/m0/s1. The van der Waals surface area contributed by atoms with Gasteiger partial charge in [0.25, 0.3) is 0 Å². The first-order valence-corrected chi connectivity index (χ1v) is 9.10. The van der Waals surface area contributed by atoms with E-state index in [4.69, 9.17) is 9.47 Å². The van der Waals surface area contributed by atoms with Crippen LogP contribution in [0.5, 0.6) is 17.2 Å². The quantitative estimate of drug-likeness (QED) is 0.796. The maximum absolute atomic E-state index is 13.0. The summed E-state index contributed by atoms with van der Waals surface area (Å²) < 4.78 is 11.8. The Morgan fingerprint density at radius 1 is 1.24 bits per heavy atom. The molecule has 2 N–H and O–H groups in total. The van der Waals surface area contributed by atoms with E-state index in [1.54, 1.807) is 0 Å². The van der Waals surface area contributed by atoms with Gasteiger partial charge in [-0.15, -0.1) is 0 Å². The first kappa shape index (κ1) is 16.7. The van der Waals surface area contributed by atoms with Crippen molar-refractivity contribution < 1.29 is 24.5 Å². The van der Waals surface area contributed by atoms with Gasteiger partial charge in [-0.3, -0.25) is 4.79 Å². The number of rotatable bonds is 2. The molecule has 0 amide bonds. The van der Waals surface area contributed by atoms with Gasteiger partial charge in [0.15, 0.2) is 17.3 Å². The number of phenolic OH excluding ortho intramolecular Hbond substituents is 2. The maximum atomic E-state index is 13.0. The SMILES string of the molecule is COc1c(O)c2c(c(O)c1C(C)C)C(=O)C[C@H]1[C@]3(C)CCC[C@]21OC3. The van der Waals surface area contributed by atoms with E-state index in [0.717, 1.165) is 19.3 Å². The smallest absolute Gasteiger partial charge is 0.168 e. The van der Waals surface area contributed by atoms with Gasteiger partial charge in [-0.1, -0.05) is 20.8 Å². The van der Waals surface area contributed by atoms with Crippen LogP contribution in [-0.4, -0.2) is 29.7 Å². The van der Waals surface area contributed by atoms with Crippen LogP contribution in [0.3, 0.4) is 0 Å². The molecule has 2 fully saturated rings. The fourth-order valence-electron chi connectivity index (χ4n) is 5.52. The molecule has 0 unspecified atom stereocenters. The molecular formula is C20H26O5. The van der Waals surface area contributed by atoms with Crippen molar-refractivity contribution in [1.82, 2.24) is 0 Å². The van der Waals surface area contributed by atoms with Crippen molar-refractivity contribution in [2.75, 3.05) is 13.7 Å². The number of fused-ring (bicyclic) bond motifs is 1. The Labute approximate surface area is 148 Å². The molecule has 136 valence electrons. The number of Topliss-reactive ketones (excluding diaryl/α,β-unsaturated/α-hetero) is 1. The summed E-state index contributed by atoms with van der Waals surface area (Å²) >= 11 is 0. The number of hydrogen-bond acceptors (Lipinski definition) is 5. The minimum Gasteiger partial charge on any atom is -0.507 e. The fraction of sp³-hybridized carbons (Fsp3) is 0.650. The zero-order valence-electron chi connectivity index (χ0n) is 15.3. The van der Waals surface area contributed by atoms with Crippen LogP contribution in [0.25, 0.3) is 0 Å². The summed E-state index contributed by atoms with van der Waals surface area (Å²) in [5.41, 5.74) is 0.428. The van der Waals surface area contributed by atoms with Gasteiger partial charge < -0.3 is 19.7 Å². The van der Waals surface area contributed by atoms with Gasteiger partial charge in [-0.25, -0.2) is 0 Å². The van der Waals surface area contributed by atoms with Gasteiger partial charge in [0.05, 0.1) is 19.3 Å². The number of aromatic hydroxyl groups is 2. The monoisotopic (exact) mass is 346 g/mol. The normalized spacial score (nSPS) is 33.3. The Morgan fingerprint density at radius 2 is 1.96 bits per heavy atom. The average Bonchev–Trinajstić information content (AvgIpc) is 2.72. The molecule has 5 nitrogen and oxygen atoms in total. The van der Waals surface area contributed by atoms with Crippen molar-refractivity contribution >= 4 is 5.78 Å². The van der Waals surface area contributed by atoms with E-state index < -0.39 is 5.60 Å². The number of carbonyl (C=O) groups excluding carboxylic acids is 1. The Bertz CT molecular complexity index is 768. The third-order valence-electron chi connectivity index (χ3n) is 6.67. The topological polar surface area (TPSA) is 76.0 Å². The molecule has 3 aliphatic rings. The molecule has 3 atom stereocenters. The van der Waals surface area contributed by atoms with E-state index in [0.29, 0.717) is 24.2 Å². The van der Waals surface area contributed by atoms with Gasteiger partial charge in [-0.05, 0) is 30.6 Å². The van der Waals surface area contributed by atoms with Crippen molar-refractivity contribution in [1.29, 1.82) is 0 Å².